The minimum absolute atomic E-state index is 0.286. The average Bonchev–Trinajstić information content (AvgIpc) is 3.54. The Morgan fingerprint density at radius 1 is 0.361 bits per heavy atom. The normalized spacial score (nSPS) is 14.8. The van der Waals surface area contributed by atoms with Crippen molar-refractivity contribution >= 4 is 10.8 Å². The summed E-state index contributed by atoms with van der Waals surface area (Å²) in [4.78, 5) is 0. The van der Waals surface area contributed by atoms with Gasteiger partial charge in [0.15, 0.2) is 0 Å². The lowest BCUT2D eigenvalue weighted by molar-refractivity contribution is 0.793. The second-order valence-electron chi connectivity index (χ2n) is 10.5. The van der Waals surface area contributed by atoms with Crippen LogP contribution in [0.4, 0.5) is 0 Å². The van der Waals surface area contributed by atoms with Crippen LogP contribution < -0.4 is 0 Å². The molecule has 36 heavy (non-hydrogen) atoms. The monoisotopic (exact) mass is 454 g/mol. The van der Waals surface area contributed by atoms with Crippen molar-refractivity contribution in [3.63, 3.8) is 0 Å². The SMILES string of the molecule is c1ccc2c(c1)Cc1cc3c(cc1-2)-c1cc2ccccc2cc1C31c2ccccc2-c2ccccc21. The Kier molecular flexibility index (Phi) is 3.36. The van der Waals surface area contributed by atoms with E-state index in [1.54, 1.807) is 0 Å². The number of hydrogen-bond acceptors (Lipinski definition) is 0. The maximum atomic E-state index is 2.55. The highest BCUT2D eigenvalue weighted by atomic mass is 14.5. The molecule has 0 nitrogen and oxygen atoms in total. The van der Waals surface area contributed by atoms with Crippen molar-refractivity contribution in [1.29, 1.82) is 0 Å². The zero-order valence-corrected chi connectivity index (χ0v) is 19.8. The Labute approximate surface area is 210 Å². The lowest BCUT2D eigenvalue weighted by Gasteiger charge is -2.31. The standard InChI is InChI=1S/C36H22/c1-2-10-23-19-34-30(18-22(23)9-1)31-21-29-25(17-24-11-3-4-12-26(24)29)20-35(31)36(34)32-15-7-5-13-27(32)28-14-6-8-16-33(28)36/h1-16,18-21H,17H2. The molecule has 0 saturated carbocycles. The van der Waals surface area contributed by atoms with Gasteiger partial charge in [-0.2, -0.15) is 0 Å². The predicted molar refractivity (Wildman–Crippen MR) is 148 cm³/mol. The first kappa shape index (κ1) is 18.9. The maximum Gasteiger partial charge on any atom is 0.0725 e. The van der Waals surface area contributed by atoms with Crippen molar-refractivity contribution in [2.45, 2.75) is 11.8 Å². The third kappa shape index (κ3) is 2.09. The number of rotatable bonds is 0. The topological polar surface area (TPSA) is 0 Å². The molecule has 0 heterocycles. The summed E-state index contributed by atoms with van der Waals surface area (Å²) in [5.74, 6) is 0. The van der Waals surface area contributed by atoms with Gasteiger partial charge >= 0.3 is 0 Å². The molecule has 0 amide bonds. The van der Waals surface area contributed by atoms with Crippen molar-refractivity contribution in [1.82, 2.24) is 0 Å². The van der Waals surface area contributed by atoms with Gasteiger partial charge < -0.3 is 0 Å². The molecule has 0 atom stereocenters. The van der Waals surface area contributed by atoms with Crippen LogP contribution in [-0.2, 0) is 11.8 Å². The Morgan fingerprint density at radius 2 is 0.917 bits per heavy atom. The van der Waals surface area contributed by atoms with Crippen molar-refractivity contribution in [3.8, 4) is 33.4 Å². The summed E-state index contributed by atoms with van der Waals surface area (Å²) >= 11 is 0. The zero-order valence-electron chi connectivity index (χ0n) is 19.8. The maximum absolute atomic E-state index is 2.55. The Balaban J connectivity index is 1.48. The van der Waals surface area contributed by atoms with Crippen LogP contribution in [0.1, 0.15) is 33.4 Å². The number of hydrogen-bond donors (Lipinski definition) is 0. The molecule has 9 rings (SSSR count). The molecular formula is C36H22. The summed E-state index contributed by atoms with van der Waals surface area (Å²) in [7, 11) is 0. The fraction of sp³-hybridized carbons (Fsp3) is 0.0556. The molecule has 0 saturated heterocycles. The molecule has 0 unspecified atom stereocenters. The summed E-state index contributed by atoms with van der Waals surface area (Å²) in [6.45, 7) is 0. The smallest absolute Gasteiger partial charge is 0.0619 e. The van der Waals surface area contributed by atoms with E-state index in [2.05, 4.69) is 121 Å². The summed E-state index contributed by atoms with van der Waals surface area (Å²) in [5.41, 5.74) is 16.6. The minimum atomic E-state index is -0.286. The molecule has 0 heteroatoms. The summed E-state index contributed by atoms with van der Waals surface area (Å²) < 4.78 is 0. The largest absolute Gasteiger partial charge is 0.0725 e. The average molecular weight is 455 g/mol. The zero-order chi connectivity index (χ0) is 23.4. The van der Waals surface area contributed by atoms with E-state index in [-0.39, 0.29) is 5.41 Å². The van der Waals surface area contributed by atoms with Crippen LogP contribution in [0.3, 0.4) is 0 Å². The molecule has 0 aliphatic heterocycles. The van der Waals surface area contributed by atoms with Gasteiger partial charge in [0.2, 0.25) is 0 Å². The van der Waals surface area contributed by atoms with Gasteiger partial charge in [0, 0.05) is 0 Å². The lowest BCUT2D eigenvalue weighted by atomic mass is 9.70. The van der Waals surface area contributed by atoms with E-state index in [1.807, 2.05) is 0 Å². The van der Waals surface area contributed by atoms with Gasteiger partial charge in [-0.05, 0) is 102 Å². The van der Waals surface area contributed by atoms with E-state index in [0.717, 1.165) is 6.42 Å². The van der Waals surface area contributed by atoms with Gasteiger partial charge in [-0.1, -0.05) is 103 Å². The van der Waals surface area contributed by atoms with E-state index >= 15 is 0 Å². The number of fused-ring (bicyclic) bond motifs is 14. The first-order valence-electron chi connectivity index (χ1n) is 12.8. The molecule has 0 bridgehead atoms. The fourth-order valence-electron chi connectivity index (χ4n) is 7.45. The van der Waals surface area contributed by atoms with Crippen LogP contribution in [0.25, 0.3) is 44.2 Å². The van der Waals surface area contributed by atoms with E-state index in [9.17, 15) is 0 Å². The van der Waals surface area contributed by atoms with Gasteiger partial charge in [-0.25, -0.2) is 0 Å². The predicted octanol–water partition coefficient (Wildman–Crippen LogP) is 8.75. The highest BCUT2D eigenvalue weighted by Gasteiger charge is 2.52. The third-order valence-electron chi connectivity index (χ3n) is 8.87. The van der Waals surface area contributed by atoms with Gasteiger partial charge in [-0.3, -0.25) is 0 Å². The van der Waals surface area contributed by atoms with E-state index in [4.69, 9.17) is 0 Å². The molecular weight excluding hydrogens is 432 g/mol. The summed E-state index contributed by atoms with van der Waals surface area (Å²) in [6, 6.07) is 45.9. The molecule has 6 aromatic carbocycles. The van der Waals surface area contributed by atoms with Gasteiger partial charge in [0.25, 0.3) is 0 Å². The molecule has 0 radical (unpaired) electrons. The Hall–Kier alpha value is -4.42. The molecule has 6 aromatic rings. The summed E-state index contributed by atoms with van der Waals surface area (Å²) in [6.07, 6.45) is 1.01. The molecule has 3 aliphatic rings. The molecule has 1 spiro atoms. The van der Waals surface area contributed by atoms with Crippen LogP contribution in [0, 0.1) is 0 Å². The highest BCUT2D eigenvalue weighted by molar-refractivity contribution is 6.01. The highest BCUT2D eigenvalue weighted by Crippen LogP contribution is 2.64. The van der Waals surface area contributed by atoms with E-state index in [0.29, 0.717) is 0 Å². The van der Waals surface area contributed by atoms with Crippen LogP contribution in [0.2, 0.25) is 0 Å². The second-order valence-corrected chi connectivity index (χ2v) is 10.5. The molecule has 0 aromatic heterocycles. The first-order chi connectivity index (χ1) is 17.8. The van der Waals surface area contributed by atoms with Gasteiger partial charge in [0.1, 0.15) is 0 Å². The third-order valence-corrected chi connectivity index (χ3v) is 8.87. The first-order valence-corrected chi connectivity index (χ1v) is 12.8. The van der Waals surface area contributed by atoms with Crippen molar-refractivity contribution in [3.05, 3.63) is 155 Å². The fourth-order valence-corrected chi connectivity index (χ4v) is 7.45. The van der Waals surface area contributed by atoms with Crippen LogP contribution >= 0.6 is 0 Å². The van der Waals surface area contributed by atoms with E-state index < -0.39 is 0 Å². The Morgan fingerprint density at radius 3 is 1.67 bits per heavy atom. The quantitative estimate of drug-likeness (QED) is 0.215. The molecule has 0 fully saturated rings. The van der Waals surface area contributed by atoms with Crippen LogP contribution in [0.15, 0.2) is 121 Å². The minimum Gasteiger partial charge on any atom is -0.0619 e. The second kappa shape index (κ2) is 6.42. The summed E-state index contributed by atoms with van der Waals surface area (Å²) in [5, 5.41) is 2.61. The van der Waals surface area contributed by atoms with Crippen LogP contribution in [-0.4, -0.2) is 0 Å². The van der Waals surface area contributed by atoms with Crippen molar-refractivity contribution in [2.24, 2.45) is 0 Å². The lowest BCUT2D eigenvalue weighted by Crippen LogP contribution is -2.26. The molecule has 0 N–H and O–H groups in total. The Bertz CT molecular complexity index is 1870. The van der Waals surface area contributed by atoms with Crippen molar-refractivity contribution < 1.29 is 0 Å². The van der Waals surface area contributed by atoms with Crippen molar-refractivity contribution in [2.75, 3.05) is 0 Å². The molecule has 166 valence electrons. The van der Waals surface area contributed by atoms with Gasteiger partial charge in [0.05, 0.1) is 5.41 Å². The van der Waals surface area contributed by atoms with Crippen LogP contribution in [0.5, 0.6) is 0 Å². The van der Waals surface area contributed by atoms with Gasteiger partial charge in [-0.15, -0.1) is 0 Å². The number of benzene rings is 6. The molecule has 3 aliphatic carbocycles. The van der Waals surface area contributed by atoms with E-state index in [1.165, 1.54) is 77.5 Å².